The van der Waals surface area contributed by atoms with Crippen LogP contribution in [-0.4, -0.2) is 52.2 Å². The van der Waals surface area contributed by atoms with E-state index in [1.807, 2.05) is 6.92 Å². The molecule has 5 nitrogen and oxygen atoms in total. The van der Waals surface area contributed by atoms with E-state index in [-0.39, 0.29) is 18.0 Å². The van der Waals surface area contributed by atoms with Crippen LogP contribution in [0.2, 0.25) is 0 Å². The third kappa shape index (κ3) is 3.07. The second kappa shape index (κ2) is 5.69. The van der Waals surface area contributed by atoms with Crippen molar-refractivity contribution in [3.05, 3.63) is 0 Å². The van der Waals surface area contributed by atoms with Gasteiger partial charge in [0.2, 0.25) is 5.91 Å². The van der Waals surface area contributed by atoms with Gasteiger partial charge in [0.05, 0.1) is 12.6 Å². The van der Waals surface area contributed by atoms with Gasteiger partial charge in [0.1, 0.15) is 17.6 Å². The van der Waals surface area contributed by atoms with E-state index in [1.54, 1.807) is 0 Å². The Hall–Kier alpha value is -0.300. The molecule has 0 unspecified atom stereocenters. The number of hydrogen-bond donors (Lipinski definition) is 3. The lowest BCUT2D eigenvalue weighted by atomic mass is 10.1. The predicted molar refractivity (Wildman–Crippen MR) is 57.5 cm³/mol. The fraction of sp³-hybridized carbons (Fsp3) is 0.889. The van der Waals surface area contributed by atoms with Crippen molar-refractivity contribution in [2.75, 3.05) is 12.4 Å². The molecular weight excluding hydrogens is 218 g/mol. The van der Waals surface area contributed by atoms with Gasteiger partial charge in [-0.2, -0.15) is 0 Å². The second-order valence-electron chi connectivity index (χ2n) is 3.40. The number of nitrogens with one attached hydrogen (secondary N) is 1. The van der Waals surface area contributed by atoms with Gasteiger partial charge in [0, 0.05) is 6.92 Å². The van der Waals surface area contributed by atoms with Crippen molar-refractivity contribution in [3.63, 3.8) is 0 Å². The molecule has 0 aromatic rings. The van der Waals surface area contributed by atoms with E-state index < -0.39 is 18.2 Å². The summed E-state index contributed by atoms with van der Waals surface area (Å²) < 4.78 is 5.42. The summed E-state index contributed by atoms with van der Waals surface area (Å²) in [6.45, 7) is 3.13. The van der Waals surface area contributed by atoms with E-state index in [4.69, 9.17) is 9.84 Å². The maximum atomic E-state index is 10.9. The molecule has 1 amide bonds. The van der Waals surface area contributed by atoms with Crippen LogP contribution in [0.1, 0.15) is 13.8 Å². The van der Waals surface area contributed by atoms with Crippen LogP contribution in [0.5, 0.6) is 0 Å². The molecule has 0 spiro atoms. The third-order valence-electron chi connectivity index (χ3n) is 2.23. The van der Waals surface area contributed by atoms with Crippen LogP contribution < -0.4 is 5.32 Å². The van der Waals surface area contributed by atoms with Crippen molar-refractivity contribution in [2.24, 2.45) is 0 Å². The fourth-order valence-corrected chi connectivity index (χ4v) is 2.56. The highest BCUT2D eigenvalue weighted by Crippen LogP contribution is 2.29. The molecule has 0 aromatic carbocycles. The summed E-state index contributed by atoms with van der Waals surface area (Å²) >= 11 is 1.50. The van der Waals surface area contributed by atoms with E-state index in [2.05, 4.69) is 5.32 Å². The third-order valence-corrected chi connectivity index (χ3v) is 3.30. The topological polar surface area (TPSA) is 78.8 Å². The Kier molecular flexibility index (Phi) is 4.85. The molecule has 0 aliphatic carbocycles. The molecule has 1 fully saturated rings. The van der Waals surface area contributed by atoms with Crippen molar-refractivity contribution in [3.8, 4) is 0 Å². The zero-order valence-corrected chi connectivity index (χ0v) is 9.66. The first-order valence-electron chi connectivity index (χ1n) is 4.93. The first-order valence-corrected chi connectivity index (χ1v) is 5.98. The lowest BCUT2D eigenvalue weighted by molar-refractivity contribution is -0.120. The van der Waals surface area contributed by atoms with Crippen molar-refractivity contribution in [1.82, 2.24) is 5.32 Å². The molecule has 3 N–H and O–H groups in total. The molecule has 4 atom stereocenters. The minimum Gasteiger partial charge on any atom is -0.394 e. The first kappa shape index (κ1) is 12.8. The highest BCUT2D eigenvalue weighted by atomic mass is 32.2. The predicted octanol–water partition coefficient (Wildman–Crippen LogP) is -0.678. The van der Waals surface area contributed by atoms with E-state index in [0.717, 1.165) is 5.75 Å². The largest absolute Gasteiger partial charge is 0.394 e. The summed E-state index contributed by atoms with van der Waals surface area (Å²) in [4.78, 5) is 10.9. The molecule has 1 rings (SSSR count). The van der Waals surface area contributed by atoms with E-state index in [0.29, 0.717) is 0 Å². The summed E-state index contributed by atoms with van der Waals surface area (Å²) in [5.41, 5.74) is -0.286. The highest BCUT2D eigenvalue weighted by molar-refractivity contribution is 7.99. The zero-order chi connectivity index (χ0) is 11.4. The minimum absolute atomic E-state index is 0.206. The molecule has 6 heteroatoms. The van der Waals surface area contributed by atoms with Gasteiger partial charge in [-0.3, -0.25) is 4.79 Å². The summed E-state index contributed by atoms with van der Waals surface area (Å²) in [6, 6.07) is -0.440. The SMILES string of the molecule is CCS[C@@H]1O[C@H](CO)[C@H](O)[C@H]1NC(C)=O. The number of aliphatic hydroxyl groups is 2. The van der Waals surface area contributed by atoms with Gasteiger partial charge in [-0.05, 0) is 5.75 Å². The summed E-state index contributed by atoms with van der Waals surface area (Å²) in [5, 5.41) is 21.4. The van der Waals surface area contributed by atoms with E-state index in [1.165, 1.54) is 18.7 Å². The van der Waals surface area contributed by atoms with Gasteiger partial charge < -0.3 is 20.3 Å². The fourth-order valence-electron chi connectivity index (χ4n) is 1.58. The Labute approximate surface area is 93.2 Å². The monoisotopic (exact) mass is 235 g/mol. The Bertz CT molecular complexity index is 226. The lowest BCUT2D eigenvalue weighted by Gasteiger charge is -2.19. The molecule has 0 saturated carbocycles. The molecule has 0 bridgehead atoms. The molecule has 1 saturated heterocycles. The quantitative estimate of drug-likeness (QED) is 0.602. The number of rotatable bonds is 4. The van der Waals surface area contributed by atoms with Crippen molar-refractivity contribution < 1.29 is 19.7 Å². The maximum Gasteiger partial charge on any atom is 0.217 e. The number of thioether (sulfide) groups is 1. The van der Waals surface area contributed by atoms with Gasteiger partial charge >= 0.3 is 0 Å². The van der Waals surface area contributed by atoms with Gasteiger partial charge in [-0.25, -0.2) is 0 Å². The standard InChI is InChI=1S/C9H17NO4S/c1-3-15-9-7(10-5(2)12)8(13)6(4-11)14-9/h6-9,11,13H,3-4H2,1-2H3,(H,10,12)/t6-,7-,8+,9+/m1/s1. The van der Waals surface area contributed by atoms with E-state index >= 15 is 0 Å². The normalized spacial score (nSPS) is 35.5. The molecule has 0 aromatic heterocycles. The minimum atomic E-state index is -0.844. The van der Waals surface area contributed by atoms with Gasteiger partial charge in [0.15, 0.2) is 0 Å². The molecule has 1 aliphatic heterocycles. The second-order valence-corrected chi connectivity index (χ2v) is 4.77. The van der Waals surface area contributed by atoms with Gasteiger partial charge in [-0.15, -0.1) is 11.8 Å². The van der Waals surface area contributed by atoms with E-state index in [9.17, 15) is 9.90 Å². The lowest BCUT2D eigenvalue weighted by Crippen LogP contribution is -2.46. The average molecular weight is 235 g/mol. The van der Waals surface area contributed by atoms with Crippen LogP contribution in [0.3, 0.4) is 0 Å². The summed E-state index contributed by atoms with van der Waals surface area (Å²) in [7, 11) is 0. The zero-order valence-electron chi connectivity index (χ0n) is 8.84. The number of hydrogen-bond acceptors (Lipinski definition) is 5. The molecule has 1 aliphatic rings. The first-order chi connectivity index (χ1) is 7.10. The van der Waals surface area contributed by atoms with Gasteiger partial charge in [0.25, 0.3) is 0 Å². The highest BCUT2D eigenvalue weighted by Gasteiger charge is 2.43. The molecule has 1 heterocycles. The molecule has 88 valence electrons. The average Bonchev–Trinajstić information content (AvgIpc) is 2.46. The Morgan fingerprint density at radius 3 is 2.73 bits per heavy atom. The molecular formula is C9H17NO4S. The van der Waals surface area contributed by atoms with Crippen LogP contribution in [-0.2, 0) is 9.53 Å². The number of ether oxygens (including phenoxy) is 1. The Morgan fingerprint density at radius 1 is 1.60 bits per heavy atom. The molecule has 15 heavy (non-hydrogen) atoms. The summed E-state index contributed by atoms with van der Waals surface area (Å²) in [6.07, 6.45) is -1.45. The number of aliphatic hydroxyl groups excluding tert-OH is 2. The van der Waals surface area contributed by atoms with Crippen molar-refractivity contribution >= 4 is 17.7 Å². The number of carbonyl (C=O) groups excluding carboxylic acids is 1. The van der Waals surface area contributed by atoms with Crippen LogP contribution in [0, 0.1) is 0 Å². The number of amides is 1. The van der Waals surface area contributed by atoms with Crippen LogP contribution in [0.4, 0.5) is 0 Å². The summed E-state index contributed by atoms with van der Waals surface area (Å²) in [5.74, 6) is 0.619. The van der Waals surface area contributed by atoms with Gasteiger partial charge in [-0.1, -0.05) is 6.92 Å². The van der Waals surface area contributed by atoms with Crippen LogP contribution in [0.25, 0.3) is 0 Å². The van der Waals surface area contributed by atoms with Crippen molar-refractivity contribution in [2.45, 2.75) is 37.5 Å². The van der Waals surface area contributed by atoms with Crippen LogP contribution >= 0.6 is 11.8 Å². The van der Waals surface area contributed by atoms with Crippen molar-refractivity contribution in [1.29, 1.82) is 0 Å². The Balaban J connectivity index is 2.64. The Morgan fingerprint density at radius 2 is 2.27 bits per heavy atom. The number of carbonyl (C=O) groups is 1. The maximum absolute atomic E-state index is 10.9. The smallest absolute Gasteiger partial charge is 0.217 e. The molecule has 0 radical (unpaired) electrons. The van der Waals surface area contributed by atoms with Crippen LogP contribution in [0.15, 0.2) is 0 Å².